The van der Waals surface area contributed by atoms with Crippen molar-refractivity contribution in [2.45, 2.75) is 32.5 Å². The molecule has 5 heteroatoms. The van der Waals surface area contributed by atoms with E-state index in [9.17, 15) is 5.11 Å². The molecule has 1 saturated heterocycles. The van der Waals surface area contributed by atoms with Crippen LogP contribution in [0.3, 0.4) is 0 Å². The molecule has 1 aromatic heterocycles. The van der Waals surface area contributed by atoms with Crippen molar-refractivity contribution in [2.75, 3.05) is 33.4 Å². The summed E-state index contributed by atoms with van der Waals surface area (Å²) in [7, 11) is 1.74. The largest absolute Gasteiger partial charge is 0.496 e. The summed E-state index contributed by atoms with van der Waals surface area (Å²) in [6, 6.07) is 10.5. The van der Waals surface area contributed by atoms with Gasteiger partial charge in [0.15, 0.2) is 0 Å². The van der Waals surface area contributed by atoms with Gasteiger partial charge in [-0.15, -0.1) is 0 Å². The summed E-state index contributed by atoms with van der Waals surface area (Å²) in [5.41, 5.74) is 3.65. The minimum atomic E-state index is 0.150. The van der Waals surface area contributed by atoms with Gasteiger partial charge >= 0.3 is 0 Å². The Balaban J connectivity index is 1.71. The highest BCUT2D eigenvalue weighted by atomic mass is 16.5. The molecule has 1 N–H and O–H groups in total. The summed E-state index contributed by atoms with van der Waals surface area (Å²) in [6.45, 7) is 5.66. The lowest BCUT2D eigenvalue weighted by Gasteiger charge is -2.23. The van der Waals surface area contributed by atoms with Crippen molar-refractivity contribution >= 4 is 0 Å². The molecule has 0 unspecified atom stereocenters. The highest BCUT2D eigenvalue weighted by Crippen LogP contribution is 2.24. The molecule has 2 aromatic rings. The summed E-state index contributed by atoms with van der Waals surface area (Å²) in [6.07, 6.45) is 6.25. The first-order chi connectivity index (χ1) is 12.8. The molecule has 0 radical (unpaired) electrons. The van der Waals surface area contributed by atoms with Crippen LogP contribution >= 0.6 is 0 Å². The van der Waals surface area contributed by atoms with E-state index in [1.807, 2.05) is 12.3 Å². The normalized spacial score (nSPS) is 14.9. The third-order valence-corrected chi connectivity index (χ3v) is 4.89. The molecule has 0 spiro atoms. The molecule has 5 nitrogen and oxygen atoms in total. The van der Waals surface area contributed by atoms with E-state index in [1.165, 1.54) is 37.1 Å². The molecule has 26 heavy (non-hydrogen) atoms. The van der Waals surface area contributed by atoms with Crippen LogP contribution in [0.4, 0.5) is 0 Å². The number of hydrogen-bond donors (Lipinski definition) is 1. The van der Waals surface area contributed by atoms with Crippen LogP contribution in [0.2, 0.25) is 0 Å². The zero-order chi connectivity index (χ0) is 18.2. The molecule has 3 rings (SSSR count). The van der Waals surface area contributed by atoms with Crippen LogP contribution in [-0.2, 0) is 19.6 Å². The van der Waals surface area contributed by atoms with Crippen LogP contribution in [0.25, 0.3) is 0 Å². The first kappa shape index (κ1) is 18.8. The molecule has 0 saturated carbocycles. The summed E-state index contributed by atoms with van der Waals surface area (Å²) in [5, 5.41) is 9.44. The van der Waals surface area contributed by atoms with Crippen molar-refractivity contribution in [3.05, 3.63) is 59.4 Å². The van der Waals surface area contributed by atoms with Crippen molar-refractivity contribution in [3.63, 3.8) is 0 Å². The smallest absolute Gasteiger partial charge is 0.123 e. The minimum Gasteiger partial charge on any atom is -0.496 e. The van der Waals surface area contributed by atoms with Gasteiger partial charge in [-0.05, 0) is 55.3 Å². The van der Waals surface area contributed by atoms with E-state index in [0.29, 0.717) is 6.54 Å². The predicted octanol–water partition coefficient (Wildman–Crippen LogP) is 2.68. The maximum atomic E-state index is 9.44. The Hall–Kier alpha value is -1.95. The third kappa shape index (κ3) is 5.27. The zero-order valence-electron chi connectivity index (χ0n) is 15.6. The number of methoxy groups -OCH3 is 1. The summed E-state index contributed by atoms with van der Waals surface area (Å²) >= 11 is 0. The molecule has 1 aromatic carbocycles. The van der Waals surface area contributed by atoms with Gasteiger partial charge in [-0.25, -0.2) is 0 Å². The molecule has 0 aliphatic carbocycles. The van der Waals surface area contributed by atoms with Crippen LogP contribution in [0.15, 0.2) is 42.7 Å². The fraction of sp³-hybridized carbons (Fsp3) is 0.476. The first-order valence-electron chi connectivity index (χ1n) is 9.39. The average Bonchev–Trinajstić information content (AvgIpc) is 3.16. The molecule has 1 aliphatic heterocycles. The van der Waals surface area contributed by atoms with Gasteiger partial charge in [-0.2, -0.15) is 0 Å². The zero-order valence-corrected chi connectivity index (χ0v) is 15.6. The molecule has 0 bridgehead atoms. The van der Waals surface area contributed by atoms with Crippen LogP contribution in [0.5, 0.6) is 5.75 Å². The average molecular weight is 355 g/mol. The van der Waals surface area contributed by atoms with E-state index in [-0.39, 0.29) is 6.61 Å². The monoisotopic (exact) mass is 355 g/mol. The van der Waals surface area contributed by atoms with E-state index in [0.717, 1.165) is 30.9 Å². The van der Waals surface area contributed by atoms with Gasteiger partial charge in [0.2, 0.25) is 0 Å². The number of ether oxygens (including phenoxy) is 1. The number of aromatic nitrogens is 1. The van der Waals surface area contributed by atoms with E-state index < -0.39 is 0 Å². The SMILES string of the molecule is COc1ccc(CN(CCO)Cc2cccnc2)cc1CN1CCCC1. The lowest BCUT2D eigenvalue weighted by Crippen LogP contribution is -2.26. The third-order valence-electron chi connectivity index (χ3n) is 4.89. The van der Waals surface area contributed by atoms with Crippen molar-refractivity contribution in [1.82, 2.24) is 14.8 Å². The van der Waals surface area contributed by atoms with Gasteiger partial charge < -0.3 is 9.84 Å². The maximum absolute atomic E-state index is 9.44. The van der Waals surface area contributed by atoms with Crippen molar-refractivity contribution < 1.29 is 9.84 Å². The minimum absolute atomic E-state index is 0.150. The van der Waals surface area contributed by atoms with E-state index in [2.05, 4.69) is 39.0 Å². The second kappa shape index (κ2) is 9.67. The fourth-order valence-electron chi connectivity index (χ4n) is 3.60. The quantitative estimate of drug-likeness (QED) is 0.749. The number of aliphatic hydroxyl groups excluding tert-OH is 1. The Bertz CT molecular complexity index is 672. The number of hydrogen-bond acceptors (Lipinski definition) is 5. The molecular formula is C21H29N3O2. The molecule has 0 amide bonds. The Morgan fingerprint density at radius 1 is 1.15 bits per heavy atom. The highest BCUT2D eigenvalue weighted by molar-refractivity contribution is 5.37. The van der Waals surface area contributed by atoms with Crippen LogP contribution < -0.4 is 4.74 Å². The first-order valence-corrected chi connectivity index (χ1v) is 9.39. The van der Waals surface area contributed by atoms with Crippen molar-refractivity contribution in [3.8, 4) is 5.75 Å². The Kier molecular flexibility index (Phi) is 7.00. The van der Waals surface area contributed by atoms with Gasteiger partial charge in [0.25, 0.3) is 0 Å². The molecule has 1 aliphatic rings. The van der Waals surface area contributed by atoms with Crippen LogP contribution in [-0.4, -0.2) is 53.2 Å². The number of benzene rings is 1. The standard InChI is InChI=1S/C21H29N3O2/c1-26-21-7-6-18(13-20(21)17-23-9-2-3-10-23)15-24(11-12-25)16-19-5-4-8-22-14-19/h4-8,13-14,25H,2-3,9-12,15-17H2,1H3. The predicted molar refractivity (Wildman–Crippen MR) is 103 cm³/mol. The number of rotatable bonds is 9. The Morgan fingerprint density at radius 3 is 2.65 bits per heavy atom. The number of aliphatic hydroxyl groups is 1. The van der Waals surface area contributed by atoms with Gasteiger partial charge in [0.05, 0.1) is 13.7 Å². The van der Waals surface area contributed by atoms with Gasteiger partial charge in [0, 0.05) is 44.1 Å². The topological polar surface area (TPSA) is 48.8 Å². The van der Waals surface area contributed by atoms with Crippen LogP contribution in [0.1, 0.15) is 29.5 Å². The number of nitrogens with zero attached hydrogens (tertiary/aromatic N) is 3. The lowest BCUT2D eigenvalue weighted by molar-refractivity contribution is 0.184. The molecular weight excluding hydrogens is 326 g/mol. The van der Waals surface area contributed by atoms with Gasteiger partial charge in [-0.1, -0.05) is 12.1 Å². The summed E-state index contributed by atoms with van der Waals surface area (Å²) in [4.78, 5) is 8.93. The van der Waals surface area contributed by atoms with Crippen molar-refractivity contribution in [1.29, 1.82) is 0 Å². The molecule has 2 heterocycles. The summed E-state index contributed by atoms with van der Waals surface area (Å²) < 4.78 is 5.57. The number of pyridine rings is 1. The van der Waals surface area contributed by atoms with Gasteiger partial charge in [-0.3, -0.25) is 14.8 Å². The van der Waals surface area contributed by atoms with E-state index in [4.69, 9.17) is 4.74 Å². The fourth-order valence-corrected chi connectivity index (χ4v) is 3.60. The Morgan fingerprint density at radius 2 is 1.96 bits per heavy atom. The lowest BCUT2D eigenvalue weighted by atomic mass is 10.1. The molecule has 1 fully saturated rings. The molecule has 0 atom stereocenters. The highest BCUT2D eigenvalue weighted by Gasteiger charge is 2.15. The molecule has 140 valence electrons. The van der Waals surface area contributed by atoms with Gasteiger partial charge in [0.1, 0.15) is 5.75 Å². The Labute approximate surface area is 156 Å². The second-order valence-electron chi connectivity index (χ2n) is 6.92. The van der Waals surface area contributed by atoms with E-state index in [1.54, 1.807) is 13.3 Å². The maximum Gasteiger partial charge on any atom is 0.123 e. The summed E-state index contributed by atoms with van der Waals surface area (Å²) in [5.74, 6) is 0.960. The van der Waals surface area contributed by atoms with E-state index >= 15 is 0 Å². The van der Waals surface area contributed by atoms with Crippen LogP contribution in [0, 0.1) is 0 Å². The second-order valence-corrected chi connectivity index (χ2v) is 6.92. The van der Waals surface area contributed by atoms with Crippen molar-refractivity contribution in [2.24, 2.45) is 0 Å². The number of likely N-dealkylation sites (tertiary alicyclic amines) is 1.